The lowest BCUT2D eigenvalue weighted by molar-refractivity contribution is -0.140. The molecule has 0 spiro atoms. The molecule has 0 radical (unpaired) electrons. The number of aliphatic carboxylic acids is 1. The second kappa shape index (κ2) is 13.3. The Hall–Kier alpha value is -4.17. The minimum absolute atomic E-state index is 0.0696. The molecule has 0 saturated carbocycles. The monoisotopic (exact) mass is 543 g/mol. The molecule has 0 heterocycles. The van der Waals surface area contributed by atoms with Gasteiger partial charge < -0.3 is 25.4 Å². The molecular weight excluding hydrogens is 506 g/mol. The highest BCUT2D eigenvalue weighted by atomic mass is 16.5. The molecule has 3 aromatic rings. The molecule has 1 aliphatic carbocycles. The molecule has 3 aromatic carbocycles. The molecule has 0 bridgehead atoms. The molecule has 0 saturated heterocycles. The summed E-state index contributed by atoms with van der Waals surface area (Å²) in [4.78, 5) is 39.7. The van der Waals surface area contributed by atoms with Gasteiger partial charge >= 0.3 is 12.1 Å². The number of fused-ring (bicyclic) bond motifs is 3. The summed E-state index contributed by atoms with van der Waals surface area (Å²) in [5, 5.41) is 14.9. The van der Waals surface area contributed by atoms with Crippen molar-refractivity contribution >= 4 is 18.0 Å². The van der Waals surface area contributed by atoms with Crippen LogP contribution in [0.2, 0.25) is 0 Å². The highest BCUT2D eigenvalue weighted by Crippen LogP contribution is 2.44. The Morgan fingerprint density at radius 2 is 1.45 bits per heavy atom. The van der Waals surface area contributed by atoms with E-state index in [1.54, 1.807) is 0 Å². The third kappa shape index (κ3) is 7.27. The number of amides is 2. The summed E-state index contributed by atoms with van der Waals surface area (Å²) < 4.78 is 5.55. The van der Waals surface area contributed by atoms with Crippen LogP contribution in [0, 0.1) is 5.92 Å². The number of likely N-dealkylation sites (N-methyl/N-ethyl adjacent to an activating group) is 1. The normalized spacial score (nSPS) is 13.8. The number of rotatable bonds is 12. The molecule has 8 heteroatoms. The molecule has 0 fully saturated rings. The number of carbonyl (C=O) groups excluding carboxylic acids is 2. The van der Waals surface area contributed by atoms with E-state index in [2.05, 4.69) is 15.5 Å². The second-order valence-corrected chi connectivity index (χ2v) is 10.7. The Morgan fingerprint density at radius 3 is 2.02 bits per heavy atom. The van der Waals surface area contributed by atoms with E-state index in [1.165, 1.54) is 0 Å². The fourth-order valence-electron chi connectivity index (χ4n) is 5.17. The van der Waals surface area contributed by atoms with Gasteiger partial charge in [0.1, 0.15) is 12.6 Å². The van der Waals surface area contributed by atoms with Crippen LogP contribution < -0.4 is 10.6 Å². The van der Waals surface area contributed by atoms with Crippen LogP contribution in [-0.4, -0.2) is 60.3 Å². The van der Waals surface area contributed by atoms with Gasteiger partial charge in [-0.2, -0.15) is 0 Å². The van der Waals surface area contributed by atoms with Gasteiger partial charge in [0.05, 0.1) is 6.42 Å². The summed E-state index contributed by atoms with van der Waals surface area (Å²) in [6, 6.07) is 24.5. The number of carboxylic acid groups (broad SMARTS) is 1. The molecule has 2 amide bonds. The van der Waals surface area contributed by atoms with E-state index in [-0.39, 0.29) is 24.5 Å². The predicted molar refractivity (Wildman–Crippen MR) is 154 cm³/mol. The van der Waals surface area contributed by atoms with Crippen molar-refractivity contribution in [2.75, 3.05) is 20.2 Å². The highest BCUT2D eigenvalue weighted by molar-refractivity contribution is 5.89. The molecule has 8 nitrogen and oxygen atoms in total. The van der Waals surface area contributed by atoms with E-state index in [1.807, 2.05) is 99.8 Å². The van der Waals surface area contributed by atoms with E-state index in [4.69, 9.17) is 4.74 Å². The largest absolute Gasteiger partial charge is 0.481 e. The van der Waals surface area contributed by atoms with Crippen molar-refractivity contribution in [2.45, 2.75) is 44.8 Å². The number of nitrogens with one attached hydrogen (secondary N) is 2. The third-order valence-electron chi connectivity index (χ3n) is 7.27. The van der Waals surface area contributed by atoms with Crippen LogP contribution in [0.5, 0.6) is 0 Å². The minimum Gasteiger partial charge on any atom is -0.481 e. The number of hydrogen-bond donors (Lipinski definition) is 3. The topological polar surface area (TPSA) is 108 Å². The van der Waals surface area contributed by atoms with Gasteiger partial charge in [-0.15, -0.1) is 0 Å². The Morgan fingerprint density at radius 1 is 0.875 bits per heavy atom. The molecular formula is C32H37N3O5. The third-order valence-corrected chi connectivity index (χ3v) is 7.27. The van der Waals surface area contributed by atoms with Crippen LogP contribution in [0.15, 0.2) is 78.9 Å². The average Bonchev–Trinajstić information content (AvgIpc) is 3.25. The summed E-state index contributed by atoms with van der Waals surface area (Å²) >= 11 is 0. The number of benzene rings is 3. The quantitative estimate of drug-likeness (QED) is 0.307. The molecule has 0 aromatic heterocycles. The van der Waals surface area contributed by atoms with Crippen LogP contribution in [0.4, 0.5) is 4.79 Å². The zero-order valence-electron chi connectivity index (χ0n) is 23.2. The van der Waals surface area contributed by atoms with Crippen LogP contribution in [0.1, 0.15) is 42.9 Å². The fourth-order valence-corrected chi connectivity index (χ4v) is 5.17. The maximum atomic E-state index is 13.2. The summed E-state index contributed by atoms with van der Waals surface area (Å²) in [6.45, 7) is 5.32. The van der Waals surface area contributed by atoms with E-state index in [0.29, 0.717) is 13.1 Å². The molecule has 40 heavy (non-hydrogen) atoms. The minimum atomic E-state index is -1.27. The number of carbonyl (C=O) groups is 3. The second-order valence-electron chi connectivity index (χ2n) is 10.7. The summed E-state index contributed by atoms with van der Waals surface area (Å²) in [5.41, 5.74) is 5.49. The first-order chi connectivity index (χ1) is 19.2. The van der Waals surface area contributed by atoms with Crippen molar-refractivity contribution in [1.29, 1.82) is 0 Å². The SMILES string of the molecule is CC(C)C(CN(C)Cc1ccccc1)NC(=O)C(CC(=O)O)NC(=O)OCC1c2ccccc2-c2ccccc21. The van der Waals surface area contributed by atoms with Gasteiger partial charge in [0, 0.05) is 25.0 Å². The Labute approximate surface area is 235 Å². The molecule has 3 N–H and O–H groups in total. The fraction of sp³-hybridized carbons (Fsp3) is 0.344. The molecule has 4 rings (SSSR count). The van der Waals surface area contributed by atoms with E-state index in [9.17, 15) is 19.5 Å². The van der Waals surface area contributed by atoms with Crippen molar-refractivity contribution in [3.63, 3.8) is 0 Å². The van der Waals surface area contributed by atoms with Gasteiger partial charge in [0.15, 0.2) is 0 Å². The maximum absolute atomic E-state index is 13.2. The van der Waals surface area contributed by atoms with Crippen LogP contribution in [0.3, 0.4) is 0 Å². The number of hydrogen-bond acceptors (Lipinski definition) is 5. The van der Waals surface area contributed by atoms with Crippen LogP contribution in [0.25, 0.3) is 11.1 Å². The molecule has 2 atom stereocenters. The highest BCUT2D eigenvalue weighted by Gasteiger charge is 2.31. The predicted octanol–water partition coefficient (Wildman–Crippen LogP) is 4.64. The van der Waals surface area contributed by atoms with Crippen molar-refractivity contribution in [1.82, 2.24) is 15.5 Å². The van der Waals surface area contributed by atoms with Gasteiger partial charge in [-0.3, -0.25) is 9.59 Å². The first-order valence-electron chi connectivity index (χ1n) is 13.6. The Balaban J connectivity index is 1.37. The average molecular weight is 544 g/mol. The first-order valence-corrected chi connectivity index (χ1v) is 13.6. The van der Waals surface area contributed by atoms with Gasteiger partial charge in [-0.25, -0.2) is 4.79 Å². The Kier molecular flexibility index (Phi) is 9.56. The lowest BCUT2D eigenvalue weighted by Crippen LogP contribution is -2.54. The van der Waals surface area contributed by atoms with Gasteiger partial charge in [0.25, 0.3) is 0 Å². The zero-order chi connectivity index (χ0) is 28.6. The lowest BCUT2D eigenvalue weighted by atomic mass is 9.98. The van der Waals surface area contributed by atoms with Gasteiger partial charge in [-0.05, 0) is 40.8 Å². The summed E-state index contributed by atoms with van der Waals surface area (Å²) in [6.07, 6.45) is -1.38. The summed E-state index contributed by atoms with van der Waals surface area (Å²) in [5.74, 6) is -1.80. The van der Waals surface area contributed by atoms with E-state index < -0.39 is 30.4 Å². The van der Waals surface area contributed by atoms with Crippen molar-refractivity contribution in [3.05, 3.63) is 95.6 Å². The Bertz CT molecular complexity index is 1280. The van der Waals surface area contributed by atoms with E-state index >= 15 is 0 Å². The van der Waals surface area contributed by atoms with Crippen LogP contribution >= 0.6 is 0 Å². The molecule has 210 valence electrons. The van der Waals surface area contributed by atoms with Crippen molar-refractivity contribution < 1.29 is 24.2 Å². The molecule has 1 aliphatic rings. The number of alkyl carbamates (subject to hydrolysis) is 1. The number of carboxylic acids is 1. The smallest absolute Gasteiger partial charge is 0.407 e. The van der Waals surface area contributed by atoms with Crippen molar-refractivity contribution in [2.24, 2.45) is 5.92 Å². The van der Waals surface area contributed by atoms with Crippen molar-refractivity contribution in [3.8, 4) is 11.1 Å². The van der Waals surface area contributed by atoms with Crippen LogP contribution in [-0.2, 0) is 20.9 Å². The van der Waals surface area contributed by atoms with Gasteiger partial charge in [0.2, 0.25) is 5.91 Å². The zero-order valence-corrected chi connectivity index (χ0v) is 23.2. The molecule has 2 unspecified atom stereocenters. The van der Waals surface area contributed by atoms with Gasteiger partial charge in [-0.1, -0.05) is 92.7 Å². The molecule has 0 aliphatic heterocycles. The lowest BCUT2D eigenvalue weighted by Gasteiger charge is -2.29. The maximum Gasteiger partial charge on any atom is 0.407 e. The van der Waals surface area contributed by atoms with E-state index in [0.717, 1.165) is 27.8 Å². The summed E-state index contributed by atoms with van der Waals surface area (Å²) in [7, 11) is 1.97. The number of ether oxygens (including phenoxy) is 1. The number of nitrogens with zero attached hydrogens (tertiary/aromatic N) is 1. The first kappa shape index (κ1) is 28.8. The standard InChI is InChI=1S/C32H37N3O5/c1-21(2)29(19-35(3)18-22-11-5-4-6-12-22)33-31(38)28(17-30(36)37)34-32(39)40-20-27-25-15-9-7-13-23(25)24-14-8-10-16-26(24)27/h4-16,21,27-29H,17-20H2,1-3H3,(H,33,38)(H,34,39)(H,36,37).